The molecule has 13 rings (SSSR count). The van der Waals surface area contributed by atoms with Crippen LogP contribution in [0.4, 0.5) is 0 Å². The minimum absolute atomic E-state index is 0. The second-order valence-corrected chi connectivity index (χ2v) is 30.2. The molecule has 5 aromatic rings. The summed E-state index contributed by atoms with van der Waals surface area (Å²) in [6.45, 7) is 9.64. The van der Waals surface area contributed by atoms with E-state index in [0.717, 1.165) is 37.3 Å². The predicted molar refractivity (Wildman–Crippen MR) is 387 cm³/mol. The predicted octanol–water partition coefficient (Wildman–Crippen LogP) is 3.54. The Morgan fingerprint density at radius 3 is 2.00 bits per heavy atom. The van der Waals surface area contributed by atoms with Gasteiger partial charge in [-0.05, 0) is 123 Å². The number of nitrogens with two attached hydrogens (primary N) is 2. The van der Waals surface area contributed by atoms with Crippen molar-refractivity contribution in [2.75, 3.05) is 13.7 Å². The van der Waals surface area contributed by atoms with Gasteiger partial charge in [-0.3, -0.25) is 38.4 Å². The van der Waals surface area contributed by atoms with Crippen LogP contribution in [0.25, 0.3) is 11.1 Å². The number of aromatic hydroxyl groups is 3. The average molecular weight is 1660 g/mol. The van der Waals surface area contributed by atoms with Crippen molar-refractivity contribution in [1.82, 2.24) is 26.6 Å². The number of hydrogen-bond acceptors (Lipinski definition) is 27. The first kappa shape index (κ1) is 84.3. The summed E-state index contributed by atoms with van der Waals surface area (Å²) in [7, 11) is 1.50. The number of benzene rings is 5. The van der Waals surface area contributed by atoms with Crippen LogP contribution in [0.5, 0.6) is 46.0 Å². The molecule has 11 bridgehead atoms. The Morgan fingerprint density at radius 2 is 1.40 bits per heavy atom. The number of carbonyl (C=O) groups excluding carboxylic acids is 8. The third-order valence-corrected chi connectivity index (χ3v) is 21.1. The number of carbonyl (C=O) groups is 8. The number of primary amides is 1. The van der Waals surface area contributed by atoms with Crippen LogP contribution in [0.2, 0.25) is 10.0 Å². The zero-order valence-electron chi connectivity index (χ0n) is 62.5. The number of likely N-dealkylation sites (N-methyl/N-ethyl adjacent to an activating group) is 1. The van der Waals surface area contributed by atoms with Crippen LogP contribution in [0.3, 0.4) is 0 Å². The van der Waals surface area contributed by atoms with Crippen molar-refractivity contribution in [3.63, 3.8) is 0 Å². The molecule has 32 nitrogen and oxygen atoms in total. The first-order chi connectivity index (χ1) is 52.3. The van der Waals surface area contributed by atoms with E-state index in [1.165, 1.54) is 77.2 Å². The van der Waals surface area contributed by atoms with E-state index in [2.05, 4.69) is 32.7 Å². The molecule has 0 spiro atoms. The molecule has 1 radical (unpaired) electrons. The molecule has 0 aliphatic carbocycles. The summed E-state index contributed by atoms with van der Waals surface area (Å²) < 4.78 is 60.9. The molecule has 8 heterocycles. The van der Waals surface area contributed by atoms with Crippen molar-refractivity contribution >= 4 is 70.1 Å². The minimum Gasteiger partial charge on any atom is -0.534 e. The second kappa shape index (κ2) is 35.4. The Balaban J connectivity index is 0.0000133. The number of phenolic OH excluding ortho intramolecular Hbond substituents is 3. The molecule has 3 fully saturated rings. The molecule has 597 valence electrons. The van der Waals surface area contributed by atoms with Gasteiger partial charge >= 0.3 is 0 Å². The molecule has 5 amide bonds. The Hall–Kier alpha value is -7.58. The fourth-order valence-electron chi connectivity index (χ4n) is 14.6. The molecule has 0 saturated carbocycles. The number of fused-ring (bicyclic) bond motifs is 15. The van der Waals surface area contributed by atoms with Crippen molar-refractivity contribution in [3.05, 3.63) is 117 Å². The smallest absolute Gasteiger partial charge is 0.246 e. The normalized spacial score (nSPS) is 32.2. The summed E-state index contributed by atoms with van der Waals surface area (Å²) in [6.07, 6.45) is -24.6. The van der Waals surface area contributed by atoms with Crippen molar-refractivity contribution in [3.8, 4) is 57.1 Å². The summed E-state index contributed by atoms with van der Waals surface area (Å²) in [5, 5.41) is 116. The van der Waals surface area contributed by atoms with Crippen molar-refractivity contribution in [1.29, 1.82) is 0 Å². The van der Waals surface area contributed by atoms with Gasteiger partial charge in [-0.1, -0.05) is 79.9 Å². The Bertz CT molecular complexity index is 4430. The third kappa shape index (κ3) is 18.8. The molecule has 3 saturated heterocycles. The van der Waals surface area contributed by atoms with E-state index in [9.17, 15) is 60.3 Å². The summed E-state index contributed by atoms with van der Waals surface area (Å²) in [5.74, 6) is -19.0. The van der Waals surface area contributed by atoms with Crippen LogP contribution >= 0.6 is 23.2 Å². The number of aliphatic hydroxyl groups is 6. The Kier molecular flexibility index (Phi) is 26.9. The summed E-state index contributed by atoms with van der Waals surface area (Å²) in [6, 6.07) is 7.35. The zero-order chi connectivity index (χ0) is 80.9. The number of rotatable bonds is 15. The number of Topliss-reactive ketones (excluding diaryl/α,β-unsaturated/α-hetero) is 3. The number of ketones is 3. The number of aliphatic hydroxyl groups excluding tert-OH is 6. The number of amides is 5. The third-order valence-electron chi connectivity index (χ3n) is 20.5. The zero-order valence-corrected chi connectivity index (χ0v) is 65.9. The van der Waals surface area contributed by atoms with Gasteiger partial charge in [0.15, 0.2) is 47.5 Å². The van der Waals surface area contributed by atoms with Crippen molar-refractivity contribution in [2.24, 2.45) is 29.2 Å². The number of ether oxygens (including phenoxy) is 8. The fourth-order valence-corrected chi connectivity index (χ4v) is 15.1. The molecule has 22 atom stereocenters. The number of hydrogen-bond donors (Lipinski definition) is 16. The van der Waals surface area contributed by atoms with Crippen LogP contribution in [0.1, 0.15) is 146 Å². The van der Waals surface area contributed by atoms with Crippen LogP contribution in [0, 0.1) is 23.8 Å². The van der Waals surface area contributed by atoms with E-state index in [1.54, 1.807) is 0 Å². The molecule has 111 heavy (non-hydrogen) atoms. The van der Waals surface area contributed by atoms with Crippen molar-refractivity contribution < 1.29 is 156 Å². The van der Waals surface area contributed by atoms with E-state index in [0.29, 0.717) is 0 Å². The van der Waals surface area contributed by atoms with Gasteiger partial charge in [-0.15, -0.1) is 11.6 Å². The Morgan fingerprint density at radius 1 is 0.757 bits per heavy atom. The van der Waals surface area contributed by atoms with Gasteiger partial charge in [-0.2, -0.15) is 0 Å². The largest absolute Gasteiger partial charge is 0.534 e. The number of halogens is 2. The van der Waals surface area contributed by atoms with E-state index >= 15 is 24.0 Å². The maximum Gasteiger partial charge on any atom is 0.246 e. The van der Waals surface area contributed by atoms with Gasteiger partial charge in [0.05, 0.1) is 65.0 Å². The number of nitrogens with one attached hydrogen (secondary N) is 5. The van der Waals surface area contributed by atoms with E-state index < -0.39 is 246 Å². The average Bonchev–Trinajstić information content (AvgIpc) is 0.764. The van der Waals surface area contributed by atoms with Gasteiger partial charge in [0.1, 0.15) is 65.9 Å². The molecular weight excluding hydrogens is 1570 g/mol. The van der Waals surface area contributed by atoms with Gasteiger partial charge in [0.25, 0.3) is 0 Å². The summed E-state index contributed by atoms with van der Waals surface area (Å²) in [4.78, 5) is 121. The van der Waals surface area contributed by atoms with E-state index in [1.807, 2.05) is 13.8 Å². The molecule has 35 heteroatoms. The van der Waals surface area contributed by atoms with Gasteiger partial charge in [0.2, 0.25) is 41.6 Å². The van der Waals surface area contributed by atoms with Crippen LogP contribution < -0.4 is 52.3 Å². The Labute approximate surface area is 674 Å². The molecule has 8 aliphatic rings. The summed E-state index contributed by atoms with van der Waals surface area (Å²) in [5.41, 5.74) is 9.21. The van der Waals surface area contributed by atoms with Crippen LogP contribution in [0.15, 0.2) is 72.8 Å². The van der Waals surface area contributed by atoms with Gasteiger partial charge in [0, 0.05) is 83.2 Å². The standard InChI is InChI=1S/C76H90Cl2N7O25.Y/c1-29(2)15-45(81-8)73(101)84-61-48(91)20-38(23-55(79)93)71(99)83-60-37-21-52(105-50-13-10-35(64(61)95)18-43(50)77)68(110-75-69(66(97)65(96)54(28-86)107-75)108-56-16-30(3)63(94)32(5)103-56)53(22-37)106-51-14-11-36(19-44(51)78)67(109-57-27-76(7,80)70(98)33(6)104-57)62-74(102)82-59(31(4)87)42-24-39(88)25-47(90)58(42)41-17-34(9-12-46(41)89)40(26-49(60)92)72(100)85-62;/h9-14,17-19,21-22,24,29-30,32-33,38,40,45,54,56-57,59-67,69-70,75,81,86,88-90,94-98H,15-16,20,23,26-28,80H2,1-8H3,(H2,79,93)(H,82,102)(H,83,99)(H,84,101)(H,85,100);/q-1;/i30T;. The van der Waals surface area contributed by atoms with Crippen LogP contribution in [-0.2, 0) is 94.7 Å². The van der Waals surface area contributed by atoms with Crippen molar-refractivity contribution in [2.45, 2.75) is 209 Å². The fraction of sp³-hybridized carbons (Fsp3) is 0.500. The maximum atomic E-state index is 16.5. The SMILES string of the molecule is [3H]C1(C)CC(OC2C(Oc3c4cc5cc3Oc3ccc(cc3Cl)C(OC3CC(C)(N)C(O)C(C)O3)C3NC(=O)C(CC(=O)C5NC(=O)C(CC(N)=O)CC(=O)C(NC(=O)C(CC(C)C)NC)C(O)c5ccc(c(Cl)c5)O4)c4ccc(O)c(c4)-c4c(O)[c-]c(O)cc4C(C(C)=O)NC3=O)OC(CO)C(O)C2O)OC(C)C1O.[Y]. The molecule has 5 aromatic carbocycles. The van der Waals surface area contributed by atoms with E-state index in [4.69, 9.17) is 73.9 Å². The topological polar surface area (TPSA) is 505 Å². The molecule has 8 aliphatic heterocycles. The summed E-state index contributed by atoms with van der Waals surface area (Å²) >= 11 is 14.6. The first-order valence-electron chi connectivity index (χ1n) is 36.2. The molecule has 0 aromatic heterocycles. The molecule has 22 unspecified atom stereocenters. The van der Waals surface area contributed by atoms with E-state index in [-0.39, 0.29) is 113 Å². The second-order valence-electron chi connectivity index (χ2n) is 29.4. The van der Waals surface area contributed by atoms with Crippen LogP contribution in [-0.4, -0.2) is 198 Å². The minimum atomic E-state index is -2.21. The monoisotopic (exact) mass is 1660 g/mol. The van der Waals surface area contributed by atoms with Gasteiger partial charge < -0.3 is 122 Å². The quantitative estimate of drug-likeness (QED) is 0.0666. The molecular formula is C76H90Cl2N7O25Y-. The molecule has 18 N–H and O–H groups in total. The first-order valence-corrected chi connectivity index (χ1v) is 36.4. The maximum absolute atomic E-state index is 16.5. The van der Waals surface area contributed by atoms with Gasteiger partial charge in [-0.25, -0.2) is 0 Å². The number of phenols is 3.